The quantitative estimate of drug-likeness (QED) is 0.764. The van der Waals surface area contributed by atoms with Crippen LogP contribution in [0, 0.1) is 0 Å². The van der Waals surface area contributed by atoms with E-state index in [1.54, 1.807) is 6.92 Å². The van der Waals surface area contributed by atoms with Crippen molar-refractivity contribution < 1.29 is 19.1 Å². The Morgan fingerprint density at radius 3 is 2.75 bits per heavy atom. The van der Waals surface area contributed by atoms with Gasteiger partial charge in [0.15, 0.2) is 0 Å². The fraction of sp³-hybridized carbons (Fsp3) is 0.471. The van der Waals surface area contributed by atoms with E-state index in [0.717, 1.165) is 17.7 Å². The lowest BCUT2D eigenvalue weighted by Crippen LogP contribution is -2.51. The molecule has 1 aliphatic rings. The molecule has 1 aromatic rings. The molecule has 0 unspecified atom stereocenters. The summed E-state index contributed by atoms with van der Waals surface area (Å²) < 4.78 is 4.90. The van der Waals surface area contributed by atoms with Gasteiger partial charge in [0, 0.05) is 17.9 Å². The summed E-state index contributed by atoms with van der Waals surface area (Å²) in [6.07, 6.45) is 0.889. The highest BCUT2D eigenvalue weighted by molar-refractivity contribution is 8.00. The van der Waals surface area contributed by atoms with Crippen LogP contribution in [0.4, 0.5) is 5.69 Å². The second-order valence-electron chi connectivity index (χ2n) is 5.40. The molecular weight excluding hydrogens is 328 g/mol. The van der Waals surface area contributed by atoms with E-state index in [0.29, 0.717) is 5.75 Å². The van der Waals surface area contributed by atoms with Gasteiger partial charge in [-0.3, -0.25) is 9.59 Å². The first-order valence-corrected chi connectivity index (χ1v) is 9.06. The number of thioether (sulfide) groups is 1. The van der Waals surface area contributed by atoms with Gasteiger partial charge < -0.3 is 15.4 Å². The lowest BCUT2D eigenvalue weighted by molar-refractivity contribution is -0.146. The molecule has 24 heavy (non-hydrogen) atoms. The molecule has 0 aromatic heterocycles. The van der Waals surface area contributed by atoms with Crippen LogP contribution in [0.3, 0.4) is 0 Å². The Labute approximate surface area is 145 Å². The summed E-state index contributed by atoms with van der Waals surface area (Å²) in [6, 6.07) is 6.96. The molecule has 0 spiro atoms. The van der Waals surface area contributed by atoms with Crippen LogP contribution in [0.1, 0.15) is 25.8 Å². The molecule has 1 aromatic carbocycles. The van der Waals surface area contributed by atoms with Gasteiger partial charge in [-0.05, 0) is 25.0 Å². The van der Waals surface area contributed by atoms with Crippen LogP contribution in [-0.2, 0) is 25.5 Å². The summed E-state index contributed by atoms with van der Waals surface area (Å²) in [7, 11) is 0. The highest BCUT2D eigenvalue weighted by Crippen LogP contribution is 2.23. The fourth-order valence-electron chi connectivity index (χ4n) is 2.44. The standard InChI is InChI=1S/C17H22N2O4S/c1-3-11-7-5-6-8-12(11)18-15(20)9-14-16(21)19-13(10-24-14)17(22)23-4-2/h5-8,13-14H,3-4,9-10H2,1-2H3,(H,18,20)(H,19,21)/t13-,14-/m0/s1. The van der Waals surface area contributed by atoms with Crippen molar-refractivity contribution in [2.24, 2.45) is 0 Å². The average molecular weight is 350 g/mol. The van der Waals surface area contributed by atoms with E-state index in [1.165, 1.54) is 11.8 Å². The average Bonchev–Trinajstić information content (AvgIpc) is 2.57. The summed E-state index contributed by atoms with van der Waals surface area (Å²) >= 11 is 1.31. The molecule has 2 atom stereocenters. The highest BCUT2D eigenvalue weighted by Gasteiger charge is 2.34. The van der Waals surface area contributed by atoms with Crippen molar-refractivity contribution in [1.82, 2.24) is 5.32 Å². The molecule has 2 amide bonds. The van der Waals surface area contributed by atoms with Crippen LogP contribution >= 0.6 is 11.8 Å². The van der Waals surface area contributed by atoms with Crippen LogP contribution in [0.5, 0.6) is 0 Å². The third kappa shape index (κ3) is 4.74. The molecule has 1 aliphatic heterocycles. The molecule has 1 fully saturated rings. The minimum atomic E-state index is -0.637. The Morgan fingerprint density at radius 2 is 2.08 bits per heavy atom. The number of carbonyl (C=O) groups excluding carboxylic acids is 3. The maximum atomic E-state index is 12.2. The number of esters is 1. The zero-order chi connectivity index (χ0) is 17.5. The normalized spacial score (nSPS) is 20.2. The van der Waals surface area contributed by atoms with Gasteiger partial charge in [-0.2, -0.15) is 0 Å². The number of anilines is 1. The second-order valence-corrected chi connectivity index (χ2v) is 6.63. The largest absolute Gasteiger partial charge is 0.464 e. The number of amides is 2. The maximum Gasteiger partial charge on any atom is 0.329 e. The van der Waals surface area contributed by atoms with E-state index in [-0.39, 0.29) is 24.8 Å². The Balaban J connectivity index is 1.89. The number of hydrogen-bond donors (Lipinski definition) is 2. The van der Waals surface area contributed by atoms with Crippen molar-refractivity contribution in [3.05, 3.63) is 29.8 Å². The van der Waals surface area contributed by atoms with Crippen LogP contribution in [0.15, 0.2) is 24.3 Å². The molecule has 0 aliphatic carbocycles. The first-order valence-electron chi connectivity index (χ1n) is 8.01. The highest BCUT2D eigenvalue weighted by atomic mass is 32.2. The molecule has 2 rings (SSSR count). The van der Waals surface area contributed by atoms with E-state index in [2.05, 4.69) is 10.6 Å². The van der Waals surface area contributed by atoms with Gasteiger partial charge in [0.25, 0.3) is 0 Å². The number of benzene rings is 1. The summed E-state index contributed by atoms with van der Waals surface area (Å²) in [4.78, 5) is 36.0. The first kappa shape index (κ1) is 18.3. The number of rotatable bonds is 6. The van der Waals surface area contributed by atoms with Gasteiger partial charge in [-0.25, -0.2) is 4.79 Å². The van der Waals surface area contributed by atoms with Crippen LogP contribution in [0.2, 0.25) is 0 Å². The topological polar surface area (TPSA) is 84.5 Å². The van der Waals surface area contributed by atoms with Gasteiger partial charge in [-0.15, -0.1) is 11.8 Å². The van der Waals surface area contributed by atoms with E-state index < -0.39 is 17.3 Å². The summed E-state index contributed by atoms with van der Waals surface area (Å²) in [5, 5.41) is 4.99. The zero-order valence-electron chi connectivity index (χ0n) is 13.8. The fourth-order valence-corrected chi connectivity index (χ4v) is 3.57. The molecule has 130 valence electrons. The van der Waals surface area contributed by atoms with Crippen LogP contribution < -0.4 is 10.6 Å². The second kappa shape index (κ2) is 8.73. The molecule has 2 N–H and O–H groups in total. The number of ether oxygens (including phenoxy) is 1. The number of para-hydroxylation sites is 1. The predicted octanol–water partition coefficient (Wildman–Crippen LogP) is 1.74. The van der Waals surface area contributed by atoms with Crippen molar-refractivity contribution >= 4 is 35.2 Å². The van der Waals surface area contributed by atoms with Crippen molar-refractivity contribution in [3.63, 3.8) is 0 Å². The van der Waals surface area contributed by atoms with Gasteiger partial charge >= 0.3 is 5.97 Å². The van der Waals surface area contributed by atoms with Crippen LogP contribution in [-0.4, -0.2) is 41.4 Å². The van der Waals surface area contributed by atoms with Gasteiger partial charge in [0.2, 0.25) is 11.8 Å². The van der Waals surface area contributed by atoms with Gasteiger partial charge in [0.1, 0.15) is 6.04 Å². The minimum Gasteiger partial charge on any atom is -0.464 e. The van der Waals surface area contributed by atoms with Crippen molar-refractivity contribution in [2.45, 2.75) is 38.0 Å². The summed E-state index contributed by atoms with van der Waals surface area (Å²) in [5.41, 5.74) is 1.82. The van der Waals surface area contributed by atoms with Crippen molar-refractivity contribution in [1.29, 1.82) is 0 Å². The SMILES string of the molecule is CCOC(=O)[C@@H]1CS[C@@H](CC(=O)Nc2ccccc2CC)C(=O)N1. The minimum absolute atomic E-state index is 0.0735. The lowest BCUT2D eigenvalue weighted by Gasteiger charge is -2.27. The van der Waals surface area contributed by atoms with E-state index in [4.69, 9.17) is 4.74 Å². The number of aryl methyl sites for hydroxylation is 1. The summed E-state index contributed by atoms with van der Waals surface area (Å²) in [6.45, 7) is 4.01. The number of carbonyl (C=O) groups is 3. The van der Waals surface area contributed by atoms with Crippen molar-refractivity contribution in [2.75, 3.05) is 17.7 Å². The van der Waals surface area contributed by atoms with Gasteiger partial charge in [-0.1, -0.05) is 25.1 Å². The zero-order valence-corrected chi connectivity index (χ0v) is 14.7. The number of hydrogen-bond acceptors (Lipinski definition) is 5. The summed E-state index contributed by atoms with van der Waals surface area (Å²) in [5.74, 6) is -0.534. The first-order chi connectivity index (χ1) is 11.5. The monoisotopic (exact) mass is 350 g/mol. The van der Waals surface area contributed by atoms with E-state index >= 15 is 0 Å². The third-order valence-corrected chi connectivity index (χ3v) is 5.00. The Hall–Kier alpha value is -2.02. The van der Waals surface area contributed by atoms with Crippen molar-refractivity contribution in [3.8, 4) is 0 Å². The molecule has 0 saturated carbocycles. The molecule has 0 radical (unpaired) electrons. The lowest BCUT2D eigenvalue weighted by atomic mass is 10.1. The Bertz CT molecular complexity index is 620. The third-order valence-electron chi connectivity index (χ3n) is 3.69. The van der Waals surface area contributed by atoms with E-state index in [1.807, 2.05) is 31.2 Å². The Kier molecular flexibility index (Phi) is 6.66. The number of nitrogens with one attached hydrogen (secondary N) is 2. The molecule has 7 heteroatoms. The maximum absolute atomic E-state index is 12.2. The molecule has 1 heterocycles. The molecule has 0 bridgehead atoms. The Morgan fingerprint density at radius 1 is 1.33 bits per heavy atom. The predicted molar refractivity (Wildman–Crippen MR) is 93.9 cm³/mol. The smallest absolute Gasteiger partial charge is 0.329 e. The van der Waals surface area contributed by atoms with Crippen LogP contribution in [0.25, 0.3) is 0 Å². The molecular formula is C17H22N2O4S. The van der Waals surface area contributed by atoms with E-state index in [9.17, 15) is 14.4 Å². The van der Waals surface area contributed by atoms with Gasteiger partial charge in [0.05, 0.1) is 11.9 Å². The molecule has 1 saturated heterocycles. The molecule has 6 nitrogen and oxygen atoms in total.